The van der Waals surface area contributed by atoms with Crippen LogP contribution in [0.25, 0.3) is 0 Å². The molecule has 2 aromatic heterocycles. The lowest BCUT2D eigenvalue weighted by Gasteiger charge is -2.15. The van der Waals surface area contributed by atoms with Gasteiger partial charge in [-0.3, -0.25) is 5.43 Å². The van der Waals surface area contributed by atoms with Crippen LogP contribution in [0.5, 0.6) is 0 Å². The molecule has 0 radical (unpaired) electrons. The summed E-state index contributed by atoms with van der Waals surface area (Å²) in [6.45, 7) is 8.09. The van der Waals surface area contributed by atoms with Crippen LogP contribution in [0.15, 0.2) is 6.20 Å². The van der Waals surface area contributed by atoms with Crippen molar-refractivity contribution >= 4 is 23.1 Å². The molecule has 0 fully saturated rings. The van der Waals surface area contributed by atoms with Crippen LogP contribution in [0.3, 0.4) is 0 Å². The van der Waals surface area contributed by atoms with Gasteiger partial charge in [0.2, 0.25) is 5.95 Å². The van der Waals surface area contributed by atoms with E-state index in [4.69, 9.17) is 5.84 Å². The van der Waals surface area contributed by atoms with Gasteiger partial charge in [0.05, 0.1) is 16.7 Å². The number of hydrogen-bond donors (Lipinski definition) is 3. The van der Waals surface area contributed by atoms with Gasteiger partial charge in [-0.1, -0.05) is 0 Å². The molecule has 6 nitrogen and oxygen atoms in total. The maximum Gasteiger partial charge on any atom is 0.239 e. The van der Waals surface area contributed by atoms with Gasteiger partial charge in [0.25, 0.3) is 0 Å². The van der Waals surface area contributed by atoms with E-state index in [2.05, 4.69) is 32.6 Å². The Labute approximate surface area is 116 Å². The molecular formula is C12H18N6S. The second-order valence-electron chi connectivity index (χ2n) is 4.42. The average Bonchev–Trinajstić information content (AvgIpc) is 2.71. The van der Waals surface area contributed by atoms with Crippen LogP contribution in [-0.2, 0) is 0 Å². The highest BCUT2D eigenvalue weighted by molar-refractivity contribution is 7.11. The minimum Gasteiger partial charge on any atom is -0.362 e. The molecule has 0 aliphatic heterocycles. The molecule has 1 unspecified atom stereocenters. The number of hydrogen-bond acceptors (Lipinski definition) is 7. The van der Waals surface area contributed by atoms with Crippen molar-refractivity contribution in [2.75, 3.05) is 10.7 Å². The van der Waals surface area contributed by atoms with E-state index in [9.17, 15) is 0 Å². The number of nitrogens with zero attached hydrogens (tertiary/aromatic N) is 3. The van der Waals surface area contributed by atoms with Gasteiger partial charge >= 0.3 is 0 Å². The molecule has 0 aliphatic carbocycles. The maximum absolute atomic E-state index is 5.33. The molecule has 0 amide bonds. The second-order valence-corrected chi connectivity index (χ2v) is 5.65. The summed E-state index contributed by atoms with van der Waals surface area (Å²) >= 11 is 1.70. The monoisotopic (exact) mass is 278 g/mol. The molecule has 1 atom stereocenters. The van der Waals surface area contributed by atoms with Crippen molar-refractivity contribution in [3.05, 3.63) is 27.3 Å². The fourth-order valence-electron chi connectivity index (χ4n) is 1.88. The van der Waals surface area contributed by atoms with Gasteiger partial charge in [-0.15, -0.1) is 11.3 Å². The number of nitrogen functional groups attached to an aromatic ring is 1. The van der Waals surface area contributed by atoms with Crippen molar-refractivity contribution in [3.8, 4) is 0 Å². The predicted octanol–water partition coefficient (Wildman–Crippen LogP) is 2.32. The third-order valence-corrected chi connectivity index (χ3v) is 4.04. The first-order chi connectivity index (χ1) is 9.01. The number of hydrazine groups is 1. The van der Waals surface area contributed by atoms with E-state index >= 15 is 0 Å². The van der Waals surface area contributed by atoms with E-state index in [1.807, 2.05) is 20.8 Å². The van der Waals surface area contributed by atoms with Gasteiger partial charge < -0.3 is 5.32 Å². The van der Waals surface area contributed by atoms with E-state index in [0.29, 0.717) is 5.95 Å². The van der Waals surface area contributed by atoms with Crippen LogP contribution < -0.4 is 16.6 Å². The van der Waals surface area contributed by atoms with E-state index < -0.39 is 0 Å². The van der Waals surface area contributed by atoms with Crippen molar-refractivity contribution < 1.29 is 0 Å². The average molecular weight is 278 g/mol. The summed E-state index contributed by atoms with van der Waals surface area (Å²) in [5, 5.41) is 4.45. The van der Waals surface area contributed by atoms with Crippen LogP contribution in [-0.4, -0.2) is 15.0 Å². The van der Waals surface area contributed by atoms with Crippen LogP contribution in [0.2, 0.25) is 0 Å². The topological polar surface area (TPSA) is 88.8 Å². The Morgan fingerprint density at radius 1 is 1.26 bits per heavy atom. The minimum atomic E-state index is 0.144. The number of nitrogens with two attached hydrogens (primary N) is 1. The number of aromatic nitrogens is 3. The first-order valence-corrected chi connectivity index (χ1v) is 6.83. The van der Waals surface area contributed by atoms with Crippen LogP contribution >= 0.6 is 11.3 Å². The largest absolute Gasteiger partial charge is 0.362 e. The zero-order chi connectivity index (χ0) is 14.0. The number of aryl methyl sites for hydroxylation is 3. The van der Waals surface area contributed by atoms with Gasteiger partial charge in [0.1, 0.15) is 5.82 Å². The quantitative estimate of drug-likeness (QED) is 0.587. The lowest BCUT2D eigenvalue weighted by Crippen LogP contribution is -2.14. The highest BCUT2D eigenvalue weighted by atomic mass is 32.1. The minimum absolute atomic E-state index is 0.144. The first kappa shape index (κ1) is 13.7. The summed E-state index contributed by atoms with van der Waals surface area (Å²) in [6, 6.07) is 0.144. The van der Waals surface area contributed by atoms with Crippen molar-refractivity contribution in [2.24, 2.45) is 5.84 Å². The van der Waals surface area contributed by atoms with Gasteiger partial charge in [0.15, 0.2) is 0 Å². The SMILES string of the molecule is Cc1nc(C)c(C(C)Nc2nc(NN)ncc2C)s1. The fourth-order valence-corrected chi connectivity index (χ4v) is 2.81. The molecule has 0 aliphatic rings. The first-order valence-electron chi connectivity index (χ1n) is 6.02. The molecule has 0 saturated heterocycles. The molecule has 0 saturated carbocycles. The third-order valence-electron chi connectivity index (χ3n) is 2.79. The number of nitrogens with one attached hydrogen (secondary N) is 2. The Bertz CT molecular complexity index is 580. The van der Waals surface area contributed by atoms with Crippen molar-refractivity contribution in [1.82, 2.24) is 15.0 Å². The normalized spacial score (nSPS) is 12.3. The lowest BCUT2D eigenvalue weighted by molar-refractivity contribution is 0.873. The Kier molecular flexibility index (Phi) is 3.96. The van der Waals surface area contributed by atoms with Gasteiger partial charge in [-0.2, -0.15) is 4.98 Å². The molecule has 2 rings (SSSR count). The van der Waals surface area contributed by atoms with Crippen LogP contribution in [0, 0.1) is 20.8 Å². The Morgan fingerprint density at radius 2 is 2.00 bits per heavy atom. The summed E-state index contributed by atoms with van der Waals surface area (Å²) in [4.78, 5) is 14.0. The fraction of sp³-hybridized carbons (Fsp3) is 0.417. The molecule has 2 aromatic rings. The highest BCUT2D eigenvalue weighted by Crippen LogP contribution is 2.27. The zero-order valence-corrected chi connectivity index (χ0v) is 12.3. The van der Waals surface area contributed by atoms with Gasteiger partial charge in [-0.25, -0.2) is 15.8 Å². The Hall–Kier alpha value is -1.73. The molecule has 102 valence electrons. The summed E-state index contributed by atoms with van der Waals surface area (Å²) in [5.74, 6) is 6.51. The van der Waals surface area contributed by atoms with Crippen molar-refractivity contribution in [3.63, 3.8) is 0 Å². The van der Waals surface area contributed by atoms with E-state index in [0.717, 1.165) is 22.1 Å². The molecule has 0 bridgehead atoms. The Morgan fingerprint density at radius 3 is 2.58 bits per heavy atom. The summed E-state index contributed by atoms with van der Waals surface area (Å²) in [7, 11) is 0. The van der Waals surface area contributed by atoms with Gasteiger partial charge in [0, 0.05) is 16.6 Å². The van der Waals surface area contributed by atoms with Crippen molar-refractivity contribution in [2.45, 2.75) is 33.7 Å². The number of rotatable bonds is 4. The highest BCUT2D eigenvalue weighted by Gasteiger charge is 2.14. The van der Waals surface area contributed by atoms with Crippen LogP contribution in [0.1, 0.15) is 34.1 Å². The second kappa shape index (κ2) is 5.50. The standard InChI is InChI=1S/C12H18N6S/c1-6-5-14-12(18-13)17-11(6)16-8(3)10-7(2)15-9(4)19-10/h5,8H,13H2,1-4H3,(H2,14,16,17,18). The predicted molar refractivity (Wildman–Crippen MR) is 78.2 cm³/mol. The lowest BCUT2D eigenvalue weighted by atomic mass is 10.2. The van der Waals surface area contributed by atoms with Crippen molar-refractivity contribution in [1.29, 1.82) is 0 Å². The molecule has 2 heterocycles. The Balaban J connectivity index is 2.23. The molecule has 4 N–H and O–H groups in total. The van der Waals surface area contributed by atoms with E-state index in [-0.39, 0.29) is 6.04 Å². The molecule has 19 heavy (non-hydrogen) atoms. The molecule has 0 spiro atoms. The summed E-state index contributed by atoms with van der Waals surface area (Å²) < 4.78 is 0. The molecule has 0 aromatic carbocycles. The number of anilines is 2. The van der Waals surface area contributed by atoms with Crippen LogP contribution in [0.4, 0.5) is 11.8 Å². The van der Waals surface area contributed by atoms with E-state index in [1.54, 1.807) is 17.5 Å². The zero-order valence-electron chi connectivity index (χ0n) is 11.5. The van der Waals surface area contributed by atoms with E-state index in [1.165, 1.54) is 4.88 Å². The summed E-state index contributed by atoms with van der Waals surface area (Å²) in [6.07, 6.45) is 1.74. The molecular weight excluding hydrogens is 260 g/mol. The van der Waals surface area contributed by atoms with Gasteiger partial charge in [-0.05, 0) is 27.7 Å². The number of thiazole rings is 1. The summed E-state index contributed by atoms with van der Waals surface area (Å²) in [5.41, 5.74) is 4.49. The smallest absolute Gasteiger partial charge is 0.239 e. The third kappa shape index (κ3) is 2.99. The maximum atomic E-state index is 5.33. The molecule has 7 heteroatoms.